The number of rotatable bonds is 8. The van der Waals surface area contributed by atoms with Gasteiger partial charge in [-0.1, -0.05) is 17.7 Å². The fourth-order valence-electron chi connectivity index (χ4n) is 3.10. The summed E-state index contributed by atoms with van der Waals surface area (Å²) < 4.78 is 37.0. The van der Waals surface area contributed by atoms with Gasteiger partial charge < -0.3 is 20.1 Å². The van der Waals surface area contributed by atoms with E-state index >= 15 is 0 Å². The zero-order valence-electron chi connectivity index (χ0n) is 19.0. The van der Waals surface area contributed by atoms with Crippen molar-refractivity contribution < 1.29 is 32.3 Å². The summed E-state index contributed by atoms with van der Waals surface area (Å²) in [5.74, 6) is -1.33. The number of urea groups is 1. The second-order valence-corrected chi connectivity index (χ2v) is 9.36. The predicted molar refractivity (Wildman–Crippen MR) is 124 cm³/mol. The van der Waals surface area contributed by atoms with Crippen LogP contribution in [0.25, 0.3) is 0 Å². The molecule has 0 fully saturated rings. The summed E-state index contributed by atoms with van der Waals surface area (Å²) in [4.78, 5) is 36.3. The van der Waals surface area contributed by atoms with Gasteiger partial charge in [-0.15, -0.1) is 0 Å². The third-order valence-electron chi connectivity index (χ3n) is 5.07. The minimum Gasteiger partial charge on any atom is -0.463 e. The first kappa shape index (κ1) is 24.8. The maximum atomic E-state index is 12.9. The maximum Gasteiger partial charge on any atom is 0.338 e. The largest absolute Gasteiger partial charge is 0.463 e. The standard InChI is InChI=1S/C23H25N3O7S/c1-4-32-22(28)19-13-24-23(29)25-20(19)14-33-21(27)16-7-9-17(10-8-16)26(3)34(30,31)18-11-5-15(2)6-12-18/h5-12H,4,13-14H2,1-3H3,(H2,24,25,29). The van der Waals surface area contributed by atoms with Crippen molar-refractivity contribution in [2.75, 3.05) is 31.1 Å². The predicted octanol–water partition coefficient (Wildman–Crippen LogP) is 2.11. The molecule has 0 radical (unpaired) electrons. The van der Waals surface area contributed by atoms with Gasteiger partial charge in [0.1, 0.15) is 6.61 Å². The second-order valence-electron chi connectivity index (χ2n) is 7.39. The smallest absolute Gasteiger partial charge is 0.338 e. The molecule has 0 aromatic heterocycles. The molecule has 2 amide bonds. The molecule has 2 aromatic carbocycles. The Kier molecular flexibility index (Phi) is 7.57. The highest BCUT2D eigenvalue weighted by atomic mass is 32.2. The average Bonchev–Trinajstić information content (AvgIpc) is 2.82. The van der Waals surface area contributed by atoms with Crippen molar-refractivity contribution in [1.82, 2.24) is 10.6 Å². The first-order chi connectivity index (χ1) is 16.1. The summed E-state index contributed by atoms with van der Waals surface area (Å²) >= 11 is 0. The van der Waals surface area contributed by atoms with Gasteiger partial charge in [-0.3, -0.25) is 4.31 Å². The summed E-state index contributed by atoms with van der Waals surface area (Å²) in [5.41, 5.74) is 1.76. The van der Waals surface area contributed by atoms with Crippen LogP contribution >= 0.6 is 0 Å². The highest BCUT2D eigenvalue weighted by Crippen LogP contribution is 2.23. The van der Waals surface area contributed by atoms with Gasteiger partial charge >= 0.3 is 18.0 Å². The van der Waals surface area contributed by atoms with Crippen LogP contribution in [0.5, 0.6) is 0 Å². The van der Waals surface area contributed by atoms with E-state index < -0.39 is 28.0 Å². The minimum atomic E-state index is -3.77. The molecule has 34 heavy (non-hydrogen) atoms. The van der Waals surface area contributed by atoms with Crippen LogP contribution in [-0.2, 0) is 24.3 Å². The van der Waals surface area contributed by atoms with Gasteiger partial charge in [0, 0.05) is 7.05 Å². The topological polar surface area (TPSA) is 131 Å². The SMILES string of the molecule is CCOC(=O)C1=C(COC(=O)c2ccc(N(C)S(=O)(=O)c3ccc(C)cc3)cc2)NC(=O)NC1. The number of benzene rings is 2. The zero-order chi connectivity index (χ0) is 24.9. The normalized spacial score (nSPS) is 13.6. The Bertz CT molecular complexity index is 1220. The highest BCUT2D eigenvalue weighted by Gasteiger charge is 2.25. The van der Waals surface area contributed by atoms with Gasteiger partial charge in [0.25, 0.3) is 10.0 Å². The average molecular weight is 488 g/mol. The van der Waals surface area contributed by atoms with Crippen LogP contribution in [0.2, 0.25) is 0 Å². The molecule has 0 bridgehead atoms. The molecule has 3 rings (SSSR count). The fraction of sp³-hybridized carbons (Fsp3) is 0.261. The molecule has 1 aliphatic heterocycles. The first-order valence-corrected chi connectivity index (χ1v) is 11.8. The molecular formula is C23H25N3O7S. The van der Waals surface area contributed by atoms with Crippen molar-refractivity contribution in [3.8, 4) is 0 Å². The van der Waals surface area contributed by atoms with Gasteiger partial charge in [-0.05, 0) is 50.2 Å². The van der Waals surface area contributed by atoms with Gasteiger partial charge in [0.15, 0.2) is 0 Å². The molecule has 10 nitrogen and oxygen atoms in total. The number of carbonyl (C=O) groups excluding carboxylic acids is 3. The van der Waals surface area contributed by atoms with Crippen molar-refractivity contribution in [3.63, 3.8) is 0 Å². The zero-order valence-corrected chi connectivity index (χ0v) is 19.8. The van der Waals surface area contributed by atoms with E-state index in [-0.39, 0.29) is 41.5 Å². The Balaban J connectivity index is 1.70. The van der Waals surface area contributed by atoms with E-state index in [0.717, 1.165) is 9.87 Å². The molecule has 2 N–H and O–H groups in total. The number of esters is 2. The van der Waals surface area contributed by atoms with Gasteiger partial charge in [0.05, 0.1) is 40.6 Å². The number of nitrogens with zero attached hydrogens (tertiary/aromatic N) is 1. The van der Waals surface area contributed by atoms with Crippen molar-refractivity contribution in [2.24, 2.45) is 0 Å². The van der Waals surface area contributed by atoms with Gasteiger partial charge in [-0.25, -0.2) is 22.8 Å². The third kappa shape index (κ3) is 5.54. The van der Waals surface area contributed by atoms with E-state index in [1.54, 1.807) is 19.1 Å². The number of carbonyl (C=O) groups is 3. The van der Waals surface area contributed by atoms with Gasteiger partial charge in [-0.2, -0.15) is 0 Å². The molecule has 0 atom stereocenters. The fourth-order valence-corrected chi connectivity index (χ4v) is 4.30. The lowest BCUT2D eigenvalue weighted by atomic mass is 10.1. The molecule has 11 heteroatoms. The lowest BCUT2D eigenvalue weighted by molar-refractivity contribution is -0.138. The van der Waals surface area contributed by atoms with Crippen LogP contribution < -0.4 is 14.9 Å². The van der Waals surface area contributed by atoms with E-state index in [4.69, 9.17) is 9.47 Å². The quantitative estimate of drug-likeness (QED) is 0.545. The van der Waals surface area contributed by atoms with Crippen LogP contribution in [-0.4, -0.2) is 53.2 Å². The van der Waals surface area contributed by atoms with Crippen LogP contribution in [0.4, 0.5) is 10.5 Å². The summed E-state index contributed by atoms with van der Waals surface area (Å²) in [6.07, 6.45) is 0. The molecule has 1 heterocycles. The second kappa shape index (κ2) is 10.4. The van der Waals surface area contributed by atoms with Crippen molar-refractivity contribution in [2.45, 2.75) is 18.7 Å². The van der Waals surface area contributed by atoms with E-state index in [1.807, 2.05) is 6.92 Å². The molecule has 0 unspecified atom stereocenters. The Hall–Kier alpha value is -3.86. The Labute approximate surface area is 197 Å². The van der Waals surface area contributed by atoms with Crippen LogP contribution in [0.1, 0.15) is 22.8 Å². The van der Waals surface area contributed by atoms with Crippen LogP contribution in [0.3, 0.4) is 0 Å². The van der Waals surface area contributed by atoms with Crippen molar-refractivity contribution in [1.29, 1.82) is 0 Å². The van der Waals surface area contributed by atoms with Crippen LogP contribution in [0, 0.1) is 6.92 Å². The maximum absolute atomic E-state index is 12.9. The monoisotopic (exact) mass is 487 g/mol. The van der Waals surface area contributed by atoms with E-state index in [1.165, 1.54) is 43.4 Å². The third-order valence-corrected chi connectivity index (χ3v) is 6.87. The number of aryl methyl sites for hydroxylation is 1. The molecule has 0 aliphatic carbocycles. The number of ether oxygens (including phenoxy) is 2. The van der Waals surface area contributed by atoms with Gasteiger partial charge in [0.2, 0.25) is 0 Å². The van der Waals surface area contributed by atoms with E-state index in [9.17, 15) is 22.8 Å². The van der Waals surface area contributed by atoms with E-state index in [0.29, 0.717) is 5.69 Å². The lowest BCUT2D eigenvalue weighted by Crippen LogP contribution is -2.45. The number of sulfonamides is 1. The summed E-state index contributed by atoms with van der Waals surface area (Å²) in [6.45, 7) is 3.28. The van der Waals surface area contributed by atoms with Crippen molar-refractivity contribution in [3.05, 3.63) is 70.9 Å². The number of hydrogen-bond donors (Lipinski definition) is 2. The minimum absolute atomic E-state index is 0.0476. The van der Waals surface area contributed by atoms with E-state index in [2.05, 4.69) is 10.6 Å². The summed E-state index contributed by atoms with van der Waals surface area (Å²) in [7, 11) is -2.35. The molecule has 0 saturated heterocycles. The number of hydrogen-bond acceptors (Lipinski definition) is 7. The molecule has 180 valence electrons. The molecular weight excluding hydrogens is 462 g/mol. The molecule has 0 saturated carbocycles. The Morgan fingerprint density at radius 1 is 1.00 bits per heavy atom. The summed E-state index contributed by atoms with van der Waals surface area (Å²) in [5, 5.41) is 4.91. The molecule has 2 aromatic rings. The number of nitrogens with one attached hydrogen (secondary N) is 2. The lowest BCUT2D eigenvalue weighted by Gasteiger charge is -2.21. The van der Waals surface area contributed by atoms with Crippen LogP contribution in [0.15, 0.2) is 64.7 Å². The Morgan fingerprint density at radius 2 is 1.65 bits per heavy atom. The molecule has 0 spiro atoms. The number of anilines is 1. The first-order valence-electron chi connectivity index (χ1n) is 10.4. The number of amides is 2. The summed E-state index contributed by atoms with van der Waals surface area (Å²) in [6, 6.07) is 11.8. The molecule has 1 aliphatic rings. The van der Waals surface area contributed by atoms with Crippen molar-refractivity contribution >= 4 is 33.7 Å². The highest BCUT2D eigenvalue weighted by molar-refractivity contribution is 7.92. The Morgan fingerprint density at radius 3 is 2.26 bits per heavy atom.